The van der Waals surface area contributed by atoms with Gasteiger partial charge in [0, 0.05) is 23.3 Å². The molecule has 2 aromatic carbocycles. The Bertz CT molecular complexity index is 951. The van der Waals surface area contributed by atoms with Crippen LogP contribution in [0.1, 0.15) is 12.5 Å². The fourth-order valence-corrected chi connectivity index (χ4v) is 4.77. The summed E-state index contributed by atoms with van der Waals surface area (Å²) < 4.78 is 36.0. The molecular formula is C17H17KN2O4S3. The van der Waals surface area contributed by atoms with Gasteiger partial charge >= 0.3 is 51.4 Å². The van der Waals surface area contributed by atoms with Gasteiger partial charge in [-0.1, -0.05) is 42.0 Å². The van der Waals surface area contributed by atoms with Gasteiger partial charge < -0.3 is 9.45 Å². The Morgan fingerprint density at radius 2 is 1.93 bits per heavy atom. The molecule has 0 spiro atoms. The van der Waals surface area contributed by atoms with Gasteiger partial charge in [0.15, 0.2) is 0 Å². The molecule has 27 heavy (non-hydrogen) atoms. The fourth-order valence-electron chi connectivity index (χ4n) is 2.63. The summed E-state index contributed by atoms with van der Waals surface area (Å²) in [5.41, 5.74) is 3.24. The summed E-state index contributed by atoms with van der Waals surface area (Å²) >= 11 is 3.04. The largest absolute Gasteiger partial charge is 1.00 e. The van der Waals surface area contributed by atoms with Crippen LogP contribution in [-0.4, -0.2) is 30.8 Å². The van der Waals surface area contributed by atoms with Crippen molar-refractivity contribution in [3.8, 4) is 0 Å². The second-order valence-electron chi connectivity index (χ2n) is 5.51. The third-order valence-corrected chi connectivity index (χ3v) is 5.94. The van der Waals surface area contributed by atoms with E-state index in [4.69, 9.17) is 0 Å². The van der Waals surface area contributed by atoms with E-state index in [1.807, 2.05) is 38.2 Å². The van der Waals surface area contributed by atoms with Gasteiger partial charge in [-0.3, -0.25) is 4.28 Å². The molecule has 0 saturated carbocycles. The van der Waals surface area contributed by atoms with Crippen LogP contribution in [0.3, 0.4) is 0 Å². The number of para-hydroxylation sites is 1. The van der Waals surface area contributed by atoms with Gasteiger partial charge in [0.2, 0.25) is 0 Å². The standard InChI is InChI=1S/C17H18N2O4S3.K/c1-3-24-17(18-23-26(20,21)22)11-12-8-9-14-16(10-12)25-15-7-5-4-6-13(15)19(14)2;/h4-10H,3,11H2,1-2H3,(H,20,21,22);/q;+1/p-1/b18-17-;. The van der Waals surface area contributed by atoms with E-state index in [0.29, 0.717) is 17.2 Å². The molecule has 0 aliphatic carbocycles. The van der Waals surface area contributed by atoms with E-state index in [0.717, 1.165) is 21.8 Å². The van der Waals surface area contributed by atoms with Crippen LogP contribution in [0.15, 0.2) is 57.4 Å². The minimum absolute atomic E-state index is 0. The van der Waals surface area contributed by atoms with Gasteiger partial charge in [-0.25, -0.2) is 0 Å². The minimum atomic E-state index is -4.85. The summed E-state index contributed by atoms with van der Waals surface area (Å²) in [6.45, 7) is 1.92. The fraction of sp³-hybridized carbons (Fsp3) is 0.235. The smallest absolute Gasteiger partial charge is 0.714 e. The molecule has 2 aromatic rings. The zero-order valence-corrected chi connectivity index (χ0v) is 20.8. The van der Waals surface area contributed by atoms with E-state index in [1.54, 1.807) is 11.8 Å². The predicted molar refractivity (Wildman–Crippen MR) is 105 cm³/mol. The van der Waals surface area contributed by atoms with E-state index in [2.05, 4.69) is 32.5 Å². The first kappa shape index (κ1) is 23.2. The van der Waals surface area contributed by atoms with E-state index in [9.17, 15) is 13.0 Å². The summed E-state index contributed by atoms with van der Waals surface area (Å²) in [6, 6.07) is 14.3. The number of thioether (sulfide) groups is 1. The van der Waals surface area contributed by atoms with Crippen LogP contribution in [-0.2, 0) is 21.1 Å². The Balaban J connectivity index is 0.00000261. The van der Waals surface area contributed by atoms with E-state index in [-0.39, 0.29) is 51.4 Å². The van der Waals surface area contributed by atoms with Crippen LogP contribution in [0, 0.1) is 0 Å². The quantitative estimate of drug-likeness (QED) is 0.169. The molecule has 1 aliphatic rings. The van der Waals surface area contributed by atoms with Gasteiger partial charge in [0.05, 0.1) is 11.4 Å². The molecule has 138 valence electrons. The molecule has 0 aromatic heterocycles. The molecule has 1 heterocycles. The average molecular weight is 449 g/mol. The summed E-state index contributed by atoms with van der Waals surface area (Å²) in [4.78, 5) is 4.44. The number of rotatable bonds is 5. The zero-order chi connectivity index (χ0) is 18.7. The zero-order valence-electron chi connectivity index (χ0n) is 15.2. The molecule has 0 N–H and O–H groups in total. The SMILES string of the molecule is CCS/C(Cc1ccc2c(c1)Sc1ccccc1N2C)=N\OS(=O)(=O)[O-].[K+]. The summed E-state index contributed by atoms with van der Waals surface area (Å²) in [7, 11) is -2.81. The van der Waals surface area contributed by atoms with Crippen molar-refractivity contribution in [2.24, 2.45) is 5.16 Å². The Kier molecular flexibility index (Phi) is 8.71. The number of hydrogen-bond acceptors (Lipinski definition) is 8. The topological polar surface area (TPSA) is 82.0 Å². The van der Waals surface area contributed by atoms with Gasteiger partial charge in [0.1, 0.15) is 5.04 Å². The molecular weight excluding hydrogens is 431 g/mol. The summed E-state index contributed by atoms with van der Waals surface area (Å²) in [5, 5.41) is 3.95. The molecule has 1 aliphatic heterocycles. The van der Waals surface area contributed by atoms with Crippen LogP contribution in [0.25, 0.3) is 0 Å². The second kappa shape index (κ2) is 10.1. The molecule has 0 amide bonds. The number of oxime groups is 1. The third-order valence-electron chi connectivity index (χ3n) is 3.73. The van der Waals surface area contributed by atoms with Crippen LogP contribution >= 0.6 is 23.5 Å². The van der Waals surface area contributed by atoms with Crippen LogP contribution in [0.2, 0.25) is 0 Å². The monoisotopic (exact) mass is 448 g/mol. The Morgan fingerprint density at radius 3 is 2.63 bits per heavy atom. The molecule has 0 radical (unpaired) electrons. The maximum absolute atomic E-state index is 10.6. The van der Waals surface area contributed by atoms with Gasteiger partial charge in [-0.15, -0.1) is 11.8 Å². The maximum Gasteiger partial charge on any atom is 1.00 e. The molecule has 0 fully saturated rings. The number of benzene rings is 2. The van der Waals surface area contributed by atoms with E-state index < -0.39 is 10.4 Å². The molecule has 0 atom stereocenters. The maximum atomic E-state index is 10.6. The first-order valence-electron chi connectivity index (χ1n) is 7.85. The van der Waals surface area contributed by atoms with Crippen molar-refractivity contribution in [3.05, 3.63) is 48.0 Å². The first-order valence-corrected chi connectivity index (χ1v) is 11.0. The molecule has 0 bridgehead atoms. The summed E-state index contributed by atoms with van der Waals surface area (Å²) in [5.74, 6) is 0.691. The average Bonchev–Trinajstić information content (AvgIpc) is 2.59. The molecule has 6 nitrogen and oxygen atoms in total. The number of hydrogen-bond donors (Lipinski definition) is 0. The van der Waals surface area contributed by atoms with Crippen molar-refractivity contribution < 1.29 is 68.6 Å². The van der Waals surface area contributed by atoms with Crippen molar-refractivity contribution in [2.45, 2.75) is 23.1 Å². The number of fused-ring (bicyclic) bond motifs is 2. The minimum Gasteiger partial charge on any atom is -0.714 e. The third kappa shape index (κ3) is 6.22. The molecule has 10 heteroatoms. The van der Waals surface area contributed by atoms with Crippen molar-refractivity contribution >= 4 is 50.3 Å². The molecule has 0 unspecified atom stereocenters. The van der Waals surface area contributed by atoms with E-state index >= 15 is 0 Å². The van der Waals surface area contributed by atoms with Gasteiger partial charge in [-0.2, -0.15) is 8.42 Å². The van der Waals surface area contributed by atoms with Crippen LogP contribution < -0.4 is 56.3 Å². The van der Waals surface area contributed by atoms with Crippen molar-refractivity contribution in [1.29, 1.82) is 0 Å². The summed E-state index contributed by atoms with van der Waals surface area (Å²) in [6.07, 6.45) is 0.396. The first-order chi connectivity index (χ1) is 12.4. The van der Waals surface area contributed by atoms with E-state index in [1.165, 1.54) is 16.7 Å². The van der Waals surface area contributed by atoms with Crippen LogP contribution in [0.4, 0.5) is 11.4 Å². The molecule has 3 rings (SSSR count). The van der Waals surface area contributed by atoms with Crippen molar-refractivity contribution in [1.82, 2.24) is 0 Å². The Morgan fingerprint density at radius 1 is 1.22 bits per heavy atom. The van der Waals surface area contributed by atoms with Gasteiger partial charge in [-0.05, 0) is 35.6 Å². The number of anilines is 2. The van der Waals surface area contributed by atoms with Crippen molar-refractivity contribution in [3.63, 3.8) is 0 Å². The number of nitrogens with zero attached hydrogens (tertiary/aromatic N) is 2. The Hall–Kier alpha value is -0.0436. The Labute approximate surface area is 210 Å². The second-order valence-corrected chi connectivity index (χ2v) is 8.90. The van der Waals surface area contributed by atoms with Crippen LogP contribution in [0.5, 0.6) is 0 Å². The van der Waals surface area contributed by atoms with Gasteiger partial charge in [0.25, 0.3) is 10.4 Å². The predicted octanol–water partition coefficient (Wildman–Crippen LogP) is 1.01. The normalized spacial score (nSPS) is 13.4. The molecule has 0 saturated heterocycles. The van der Waals surface area contributed by atoms with Crippen molar-refractivity contribution in [2.75, 3.05) is 17.7 Å².